The highest BCUT2D eigenvalue weighted by atomic mass is 32.2. The molecule has 1 aromatic carbocycles. The summed E-state index contributed by atoms with van der Waals surface area (Å²) < 4.78 is 25.8. The second-order valence-electron chi connectivity index (χ2n) is 6.43. The quantitative estimate of drug-likeness (QED) is 0.753. The second kappa shape index (κ2) is 8.27. The maximum Gasteiger partial charge on any atom is 0.211 e. The van der Waals surface area contributed by atoms with E-state index in [1.54, 1.807) is 6.92 Å². The van der Waals surface area contributed by atoms with Crippen molar-refractivity contribution in [1.82, 2.24) is 9.62 Å². The molecule has 5 heteroatoms. The topological polar surface area (TPSA) is 49.4 Å². The molecule has 1 aliphatic carbocycles. The van der Waals surface area contributed by atoms with Gasteiger partial charge in [0.05, 0.1) is 5.75 Å². The molecule has 23 heavy (non-hydrogen) atoms. The first-order chi connectivity index (χ1) is 11.0. The average molecular weight is 339 g/mol. The van der Waals surface area contributed by atoms with E-state index >= 15 is 0 Å². The molecule has 0 aromatic heterocycles. The van der Waals surface area contributed by atoms with Gasteiger partial charge < -0.3 is 0 Å². The Bertz CT molecular complexity index is 607. The van der Waals surface area contributed by atoms with Crippen LogP contribution in [-0.2, 0) is 29.4 Å². The van der Waals surface area contributed by atoms with Crippen LogP contribution in [0.5, 0.6) is 0 Å². The third-order valence-electron chi connectivity index (χ3n) is 4.60. The number of nitrogens with zero attached hydrogens (tertiary/aromatic N) is 1. The minimum Gasteiger partial charge on any atom is -0.300 e. The van der Waals surface area contributed by atoms with Gasteiger partial charge in [0.2, 0.25) is 10.0 Å². The molecule has 1 aliphatic rings. The fourth-order valence-electron chi connectivity index (χ4n) is 3.36. The fraction of sp³-hybridized carbons (Fsp3) is 0.667. The number of benzene rings is 1. The van der Waals surface area contributed by atoms with Gasteiger partial charge in [0, 0.05) is 12.6 Å². The number of sulfonamides is 1. The van der Waals surface area contributed by atoms with Gasteiger partial charge in [-0.15, -0.1) is 0 Å². The number of fused-ring (bicyclic) bond motifs is 1. The van der Waals surface area contributed by atoms with E-state index in [0.717, 1.165) is 31.5 Å². The van der Waals surface area contributed by atoms with Crippen molar-refractivity contribution in [2.45, 2.75) is 59.0 Å². The van der Waals surface area contributed by atoms with Gasteiger partial charge in [0.25, 0.3) is 0 Å². The molecule has 1 N–H and O–H groups in total. The molecular weight excluding hydrogens is 308 g/mol. The van der Waals surface area contributed by atoms with Gasteiger partial charge in [-0.1, -0.05) is 32.0 Å². The van der Waals surface area contributed by atoms with Gasteiger partial charge in [0.1, 0.15) is 0 Å². The molecule has 0 heterocycles. The fourth-order valence-corrected chi connectivity index (χ4v) is 3.95. The SMILES string of the molecule is CCCN(CCC)[C@@H]1Cc2ccc(CNS(=O)(=O)CC)cc2C1. The number of rotatable bonds is 9. The lowest BCUT2D eigenvalue weighted by Crippen LogP contribution is -2.37. The van der Waals surface area contributed by atoms with Crippen molar-refractivity contribution in [2.75, 3.05) is 18.8 Å². The average Bonchev–Trinajstić information content (AvgIpc) is 2.96. The number of nitrogens with one attached hydrogen (secondary N) is 1. The summed E-state index contributed by atoms with van der Waals surface area (Å²) >= 11 is 0. The Morgan fingerprint density at radius 2 is 1.74 bits per heavy atom. The lowest BCUT2D eigenvalue weighted by molar-refractivity contribution is 0.202. The second-order valence-corrected chi connectivity index (χ2v) is 8.52. The van der Waals surface area contributed by atoms with Crippen LogP contribution in [0.15, 0.2) is 18.2 Å². The molecule has 1 aromatic rings. The molecule has 0 unspecified atom stereocenters. The first-order valence-electron chi connectivity index (χ1n) is 8.81. The molecule has 1 atom stereocenters. The van der Waals surface area contributed by atoms with Crippen LogP contribution in [-0.4, -0.2) is 38.2 Å². The minimum atomic E-state index is -3.13. The van der Waals surface area contributed by atoms with Gasteiger partial charge in [-0.2, -0.15) is 0 Å². The minimum absolute atomic E-state index is 0.128. The molecule has 0 radical (unpaired) electrons. The lowest BCUT2D eigenvalue weighted by Gasteiger charge is -2.27. The molecule has 0 saturated carbocycles. The van der Waals surface area contributed by atoms with Crippen molar-refractivity contribution >= 4 is 10.0 Å². The van der Waals surface area contributed by atoms with Gasteiger partial charge in [-0.25, -0.2) is 13.1 Å². The summed E-state index contributed by atoms with van der Waals surface area (Å²) in [4.78, 5) is 2.61. The Hall–Kier alpha value is -0.910. The normalized spacial score (nSPS) is 17.7. The van der Waals surface area contributed by atoms with Gasteiger partial charge in [-0.3, -0.25) is 4.90 Å². The van der Waals surface area contributed by atoms with Gasteiger partial charge in [-0.05, 0) is 62.4 Å². The van der Waals surface area contributed by atoms with Crippen molar-refractivity contribution in [1.29, 1.82) is 0 Å². The van der Waals surface area contributed by atoms with Gasteiger partial charge in [0.15, 0.2) is 0 Å². The van der Waals surface area contributed by atoms with E-state index in [1.165, 1.54) is 24.0 Å². The van der Waals surface area contributed by atoms with Crippen LogP contribution in [0.3, 0.4) is 0 Å². The summed E-state index contributed by atoms with van der Waals surface area (Å²) in [5.74, 6) is 0.128. The molecule has 4 nitrogen and oxygen atoms in total. The Morgan fingerprint density at radius 3 is 2.35 bits per heavy atom. The van der Waals surface area contributed by atoms with Crippen molar-refractivity contribution in [3.05, 3.63) is 34.9 Å². The maximum absolute atomic E-state index is 11.6. The lowest BCUT2D eigenvalue weighted by atomic mass is 10.1. The summed E-state index contributed by atoms with van der Waals surface area (Å²) in [7, 11) is -3.13. The zero-order valence-corrected chi connectivity index (χ0v) is 15.5. The molecule has 0 spiro atoms. The van der Waals surface area contributed by atoms with E-state index in [0.29, 0.717) is 12.6 Å². The van der Waals surface area contributed by atoms with E-state index in [4.69, 9.17) is 0 Å². The Labute approximate surface area is 141 Å². The first kappa shape index (κ1) is 18.4. The molecule has 2 rings (SSSR count). The van der Waals surface area contributed by atoms with Crippen LogP contribution >= 0.6 is 0 Å². The van der Waals surface area contributed by atoms with Crippen LogP contribution in [0.1, 0.15) is 50.3 Å². The van der Waals surface area contributed by atoms with E-state index in [1.807, 2.05) is 0 Å². The highest BCUT2D eigenvalue weighted by molar-refractivity contribution is 7.89. The van der Waals surface area contributed by atoms with Gasteiger partial charge >= 0.3 is 0 Å². The van der Waals surface area contributed by atoms with E-state index < -0.39 is 10.0 Å². The molecule has 0 fully saturated rings. The predicted molar refractivity (Wildman–Crippen MR) is 96.1 cm³/mol. The standard InChI is InChI=1S/C18H30N2O2S/c1-4-9-20(10-5-2)18-12-16-8-7-15(11-17(16)13-18)14-19-23(21,22)6-3/h7-8,11,18-19H,4-6,9-10,12-14H2,1-3H3/t18-/m1/s1. The largest absolute Gasteiger partial charge is 0.300 e. The number of hydrogen-bond donors (Lipinski definition) is 1. The third-order valence-corrected chi connectivity index (χ3v) is 5.94. The van der Waals surface area contributed by atoms with Crippen LogP contribution in [0.25, 0.3) is 0 Å². The summed E-state index contributed by atoms with van der Waals surface area (Å²) in [6.07, 6.45) is 4.59. The summed E-state index contributed by atoms with van der Waals surface area (Å²) in [6.45, 7) is 8.85. The van der Waals surface area contributed by atoms with Crippen LogP contribution in [0.2, 0.25) is 0 Å². The molecule has 0 amide bonds. The van der Waals surface area contributed by atoms with Crippen molar-refractivity contribution < 1.29 is 8.42 Å². The zero-order valence-electron chi connectivity index (χ0n) is 14.6. The Kier molecular flexibility index (Phi) is 6.62. The molecular formula is C18H30N2O2S. The summed E-state index contributed by atoms with van der Waals surface area (Å²) in [6, 6.07) is 7.03. The Morgan fingerprint density at radius 1 is 1.09 bits per heavy atom. The summed E-state index contributed by atoms with van der Waals surface area (Å²) in [5.41, 5.74) is 3.87. The Balaban J connectivity index is 2.03. The molecule has 130 valence electrons. The molecule has 0 bridgehead atoms. The zero-order chi connectivity index (χ0) is 16.9. The highest BCUT2D eigenvalue weighted by Crippen LogP contribution is 2.27. The van der Waals surface area contributed by atoms with E-state index in [9.17, 15) is 8.42 Å². The molecule has 0 saturated heterocycles. The maximum atomic E-state index is 11.6. The van der Waals surface area contributed by atoms with Crippen molar-refractivity contribution in [3.63, 3.8) is 0 Å². The van der Waals surface area contributed by atoms with E-state index in [-0.39, 0.29) is 5.75 Å². The number of hydrogen-bond acceptors (Lipinski definition) is 3. The van der Waals surface area contributed by atoms with Crippen molar-refractivity contribution in [3.8, 4) is 0 Å². The van der Waals surface area contributed by atoms with Crippen LogP contribution in [0.4, 0.5) is 0 Å². The third kappa shape index (κ3) is 5.03. The van der Waals surface area contributed by atoms with Crippen LogP contribution in [0, 0.1) is 0 Å². The predicted octanol–water partition coefficient (Wildman–Crippen LogP) is 2.72. The smallest absolute Gasteiger partial charge is 0.211 e. The van der Waals surface area contributed by atoms with Crippen LogP contribution < -0.4 is 4.72 Å². The van der Waals surface area contributed by atoms with E-state index in [2.05, 4.69) is 41.7 Å². The summed E-state index contributed by atoms with van der Waals surface area (Å²) in [5, 5.41) is 0. The highest BCUT2D eigenvalue weighted by Gasteiger charge is 2.26. The first-order valence-corrected chi connectivity index (χ1v) is 10.5. The monoisotopic (exact) mass is 338 g/mol. The molecule has 0 aliphatic heterocycles. The van der Waals surface area contributed by atoms with Crippen molar-refractivity contribution in [2.24, 2.45) is 0 Å².